The van der Waals surface area contributed by atoms with Crippen LogP contribution in [0.5, 0.6) is 0 Å². The van der Waals surface area contributed by atoms with Crippen molar-refractivity contribution in [2.75, 3.05) is 26.3 Å². The van der Waals surface area contributed by atoms with Crippen LogP contribution in [0.1, 0.15) is 17.2 Å². The Morgan fingerprint density at radius 3 is 2.70 bits per heavy atom. The number of nitrogens with one attached hydrogen (secondary N) is 1. The monoisotopic (exact) mass is 327 g/mol. The second kappa shape index (κ2) is 6.32. The highest BCUT2D eigenvalue weighted by atomic mass is 35.5. The summed E-state index contributed by atoms with van der Waals surface area (Å²) in [6.07, 6.45) is 5.77. The van der Waals surface area contributed by atoms with Crippen LogP contribution < -0.4 is 0 Å². The Labute approximate surface area is 140 Å². The number of hydrogen-bond donors (Lipinski definition) is 1. The summed E-state index contributed by atoms with van der Waals surface area (Å²) in [4.78, 5) is 9.97. The Kier molecular flexibility index (Phi) is 4.04. The number of hydrogen-bond acceptors (Lipinski definition) is 3. The molecule has 1 aliphatic rings. The van der Waals surface area contributed by atoms with Crippen LogP contribution >= 0.6 is 11.6 Å². The summed E-state index contributed by atoms with van der Waals surface area (Å²) < 4.78 is 5.53. The van der Waals surface area contributed by atoms with Crippen LogP contribution in [0.4, 0.5) is 0 Å². The molecular formula is C18H18ClN3O. The van der Waals surface area contributed by atoms with Crippen LogP contribution in [-0.4, -0.2) is 41.2 Å². The van der Waals surface area contributed by atoms with Gasteiger partial charge in [0.15, 0.2) is 0 Å². The number of rotatable bonds is 3. The molecule has 0 bridgehead atoms. The normalized spacial score (nSPS) is 17.4. The van der Waals surface area contributed by atoms with Gasteiger partial charge in [0.25, 0.3) is 0 Å². The molecule has 0 spiro atoms. The van der Waals surface area contributed by atoms with E-state index in [9.17, 15) is 0 Å². The molecule has 118 valence electrons. The molecule has 2 aromatic heterocycles. The van der Waals surface area contributed by atoms with Gasteiger partial charge in [-0.15, -0.1) is 0 Å². The second-order valence-electron chi connectivity index (χ2n) is 5.74. The maximum atomic E-state index is 6.50. The lowest BCUT2D eigenvalue weighted by molar-refractivity contribution is 0.0242. The maximum absolute atomic E-state index is 6.50. The number of pyridine rings is 1. The van der Waals surface area contributed by atoms with Crippen LogP contribution in [0.3, 0.4) is 0 Å². The van der Waals surface area contributed by atoms with Crippen molar-refractivity contribution < 1.29 is 4.74 Å². The molecule has 4 nitrogen and oxygen atoms in total. The minimum absolute atomic E-state index is 0.149. The predicted octanol–water partition coefficient (Wildman–Crippen LogP) is 3.64. The van der Waals surface area contributed by atoms with E-state index in [-0.39, 0.29) is 6.04 Å². The first kappa shape index (κ1) is 14.7. The fraction of sp³-hybridized carbons (Fsp3) is 0.278. The van der Waals surface area contributed by atoms with Crippen molar-refractivity contribution in [1.29, 1.82) is 0 Å². The topological polar surface area (TPSA) is 41.2 Å². The quantitative estimate of drug-likeness (QED) is 0.798. The van der Waals surface area contributed by atoms with E-state index in [0.29, 0.717) is 0 Å². The molecule has 5 heteroatoms. The number of H-pyrrole nitrogens is 1. The number of fused-ring (bicyclic) bond motifs is 1. The number of nitrogens with zero attached hydrogens (tertiary/aromatic N) is 2. The summed E-state index contributed by atoms with van der Waals surface area (Å²) in [5.41, 5.74) is 3.50. The number of morpholine rings is 1. The minimum atomic E-state index is 0.149. The van der Waals surface area contributed by atoms with Crippen molar-refractivity contribution in [3.8, 4) is 0 Å². The Hall–Kier alpha value is -1.88. The summed E-state index contributed by atoms with van der Waals surface area (Å²) in [7, 11) is 0. The molecule has 0 radical (unpaired) electrons. The lowest BCUT2D eigenvalue weighted by atomic mass is 9.97. The average Bonchev–Trinajstić information content (AvgIpc) is 3.02. The highest BCUT2D eigenvalue weighted by molar-refractivity contribution is 6.35. The van der Waals surface area contributed by atoms with Crippen LogP contribution in [0, 0.1) is 0 Å². The van der Waals surface area contributed by atoms with Crippen molar-refractivity contribution in [2.45, 2.75) is 6.04 Å². The first-order chi connectivity index (χ1) is 11.3. The van der Waals surface area contributed by atoms with Crippen molar-refractivity contribution in [3.05, 3.63) is 65.1 Å². The molecule has 1 unspecified atom stereocenters. The van der Waals surface area contributed by atoms with Gasteiger partial charge in [0.2, 0.25) is 0 Å². The fourth-order valence-corrected chi connectivity index (χ4v) is 3.63. The van der Waals surface area contributed by atoms with Gasteiger partial charge in [-0.25, -0.2) is 0 Å². The highest BCUT2D eigenvalue weighted by Gasteiger charge is 2.27. The first-order valence-electron chi connectivity index (χ1n) is 7.82. The standard InChI is InChI=1S/C18H18ClN3O/c19-15-2-1-3-16-17(15)14(12-21-16)18(13-4-6-20-7-5-13)22-8-10-23-11-9-22/h1-7,12,18,21H,8-11H2. The van der Waals surface area contributed by atoms with Crippen molar-refractivity contribution in [2.24, 2.45) is 0 Å². The Morgan fingerprint density at radius 2 is 1.91 bits per heavy atom. The lowest BCUT2D eigenvalue weighted by Crippen LogP contribution is -2.39. The van der Waals surface area contributed by atoms with Crippen LogP contribution in [-0.2, 0) is 4.74 Å². The Morgan fingerprint density at radius 1 is 1.13 bits per heavy atom. The molecule has 1 saturated heterocycles. The van der Waals surface area contributed by atoms with Gasteiger partial charge in [0.1, 0.15) is 0 Å². The zero-order valence-corrected chi connectivity index (χ0v) is 13.5. The van der Waals surface area contributed by atoms with Crippen LogP contribution in [0.2, 0.25) is 5.02 Å². The van der Waals surface area contributed by atoms with Gasteiger partial charge in [-0.3, -0.25) is 9.88 Å². The van der Waals surface area contributed by atoms with E-state index >= 15 is 0 Å². The molecule has 1 atom stereocenters. The number of halogens is 1. The van der Waals surface area contributed by atoms with Crippen LogP contribution in [0.15, 0.2) is 48.9 Å². The van der Waals surface area contributed by atoms with E-state index in [4.69, 9.17) is 16.3 Å². The third-order valence-electron chi connectivity index (χ3n) is 4.41. The Balaban J connectivity index is 1.86. The smallest absolute Gasteiger partial charge is 0.0626 e. The summed E-state index contributed by atoms with van der Waals surface area (Å²) >= 11 is 6.50. The van der Waals surface area contributed by atoms with Crippen molar-refractivity contribution in [1.82, 2.24) is 14.9 Å². The SMILES string of the molecule is Clc1cccc2[nH]cc(C(c3ccncc3)N3CCOCC3)c12. The van der Waals surface area contributed by atoms with E-state index in [1.165, 1.54) is 11.1 Å². The summed E-state index contributed by atoms with van der Waals surface area (Å²) in [5, 5.41) is 1.88. The maximum Gasteiger partial charge on any atom is 0.0626 e. The highest BCUT2D eigenvalue weighted by Crippen LogP contribution is 2.36. The van der Waals surface area contributed by atoms with E-state index in [1.54, 1.807) is 0 Å². The summed E-state index contributed by atoms with van der Waals surface area (Å²) in [5.74, 6) is 0. The molecule has 1 aromatic carbocycles. The zero-order valence-electron chi connectivity index (χ0n) is 12.7. The van der Waals surface area contributed by atoms with E-state index in [1.807, 2.05) is 24.5 Å². The van der Waals surface area contributed by atoms with Gasteiger partial charge < -0.3 is 9.72 Å². The molecule has 1 N–H and O–H groups in total. The van der Waals surface area contributed by atoms with Gasteiger partial charge in [0.05, 0.1) is 24.3 Å². The molecular weight excluding hydrogens is 310 g/mol. The van der Waals surface area contributed by atoms with Crippen molar-refractivity contribution >= 4 is 22.5 Å². The number of ether oxygens (including phenoxy) is 1. The largest absolute Gasteiger partial charge is 0.379 e. The molecule has 3 heterocycles. The molecule has 23 heavy (non-hydrogen) atoms. The first-order valence-corrected chi connectivity index (χ1v) is 8.19. The average molecular weight is 328 g/mol. The number of benzene rings is 1. The van der Waals surface area contributed by atoms with Gasteiger partial charge in [0, 0.05) is 48.1 Å². The lowest BCUT2D eigenvalue weighted by Gasteiger charge is -2.34. The van der Waals surface area contributed by atoms with Crippen molar-refractivity contribution in [3.63, 3.8) is 0 Å². The van der Waals surface area contributed by atoms with Gasteiger partial charge in [-0.1, -0.05) is 17.7 Å². The third kappa shape index (κ3) is 2.74. The molecule has 0 saturated carbocycles. The summed E-state index contributed by atoms with van der Waals surface area (Å²) in [6.45, 7) is 3.34. The third-order valence-corrected chi connectivity index (χ3v) is 4.73. The fourth-order valence-electron chi connectivity index (χ4n) is 3.35. The molecule has 3 aromatic rings. The number of aromatic nitrogens is 2. The molecule has 1 aliphatic heterocycles. The van der Waals surface area contributed by atoms with E-state index < -0.39 is 0 Å². The second-order valence-corrected chi connectivity index (χ2v) is 6.15. The molecule has 0 amide bonds. The Bertz CT molecular complexity index is 796. The van der Waals surface area contributed by atoms with E-state index in [0.717, 1.165) is 42.2 Å². The molecule has 1 fully saturated rings. The zero-order chi connectivity index (χ0) is 15.6. The molecule has 0 aliphatic carbocycles. The van der Waals surface area contributed by atoms with Crippen LogP contribution in [0.25, 0.3) is 10.9 Å². The predicted molar refractivity (Wildman–Crippen MR) is 91.8 cm³/mol. The number of aromatic amines is 1. The van der Waals surface area contributed by atoms with Gasteiger partial charge >= 0.3 is 0 Å². The minimum Gasteiger partial charge on any atom is -0.379 e. The molecule has 4 rings (SSSR count). The van der Waals surface area contributed by atoms with Gasteiger partial charge in [-0.2, -0.15) is 0 Å². The van der Waals surface area contributed by atoms with E-state index in [2.05, 4.69) is 39.3 Å². The van der Waals surface area contributed by atoms with Gasteiger partial charge in [-0.05, 0) is 29.8 Å². The summed E-state index contributed by atoms with van der Waals surface area (Å²) in [6, 6.07) is 10.3.